The molecular weight excluding hydrogens is 253 g/mol. The molecule has 0 bridgehead atoms. The maximum absolute atomic E-state index is 6.10. The van der Waals surface area contributed by atoms with Crippen LogP contribution in [-0.2, 0) is 6.54 Å². The van der Waals surface area contributed by atoms with Gasteiger partial charge < -0.3 is 5.32 Å². The third kappa shape index (κ3) is 3.39. The van der Waals surface area contributed by atoms with Gasteiger partial charge in [0.25, 0.3) is 0 Å². The zero-order chi connectivity index (χ0) is 12.3. The van der Waals surface area contributed by atoms with Crippen molar-refractivity contribution in [3.8, 4) is 0 Å². The van der Waals surface area contributed by atoms with Gasteiger partial charge in [-0.15, -0.1) is 0 Å². The van der Waals surface area contributed by atoms with E-state index in [9.17, 15) is 0 Å². The Bertz CT molecular complexity index is 523. The van der Waals surface area contributed by atoms with Crippen LogP contribution in [0.15, 0.2) is 42.5 Å². The molecule has 0 unspecified atom stereocenters. The van der Waals surface area contributed by atoms with Gasteiger partial charge in [-0.2, -0.15) is 0 Å². The predicted octanol–water partition coefficient (Wildman–Crippen LogP) is 4.91. The second kappa shape index (κ2) is 5.44. The molecule has 2 rings (SSSR count). The molecule has 2 aromatic carbocycles. The normalized spacial score (nSPS) is 10.3. The lowest BCUT2D eigenvalue weighted by Gasteiger charge is -2.09. The van der Waals surface area contributed by atoms with Gasteiger partial charge in [-0.05, 0) is 48.4 Å². The van der Waals surface area contributed by atoms with Gasteiger partial charge in [0.05, 0.1) is 0 Å². The molecule has 0 heterocycles. The summed E-state index contributed by atoms with van der Waals surface area (Å²) in [6, 6.07) is 13.7. The van der Waals surface area contributed by atoms with Gasteiger partial charge in [-0.25, -0.2) is 0 Å². The van der Waals surface area contributed by atoms with Crippen LogP contribution in [0, 0.1) is 6.92 Å². The minimum atomic E-state index is 0.669. The van der Waals surface area contributed by atoms with Crippen molar-refractivity contribution in [1.82, 2.24) is 0 Å². The second-order valence-corrected chi connectivity index (χ2v) is 4.80. The summed E-state index contributed by atoms with van der Waals surface area (Å²) >= 11 is 12.0. The molecule has 0 atom stereocenters. The van der Waals surface area contributed by atoms with Crippen molar-refractivity contribution in [2.45, 2.75) is 13.5 Å². The number of aryl methyl sites for hydroxylation is 1. The molecule has 0 aromatic heterocycles. The van der Waals surface area contributed by atoms with E-state index in [1.54, 1.807) is 6.07 Å². The van der Waals surface area contributed by atoms with Crippen molar-refractivity contribution < 1.29 is 0 Å². The van der Waals surface area contributed by atoms with Crippen molar-refractivity contribution in [1.29, 1.82) is 0 Å². The molecule has 88 valence electrons. The molecule has 0 radical (unpaired) electrons. The van der Waals surface area contributed by atoms with E-state index in [1.165, 1.54) is 5.56 Å². The fourth-order valence-corrected chi connectivity index (χ4v) is 2.01. The topological polar surface area (TPSA) is 12.0 Å². The Balaban J connectivity index is 2.09. The van der Waals surface area contributed by atoms with E-state index in [-0.39, 0.29) is 0 Å². The van der Waals surface area contributed by atoms with Crippen molar-refractivity contribution in [2.24, 2.45) is 0 Å². The van der Waals surface area contributed by atoms with Crippen molar-refractivity contribution in [3.63, 3.8) is 0 Å². The minimum absolute atomic E-state index is 0.669. The number of nitrogens with one attached hydrogen (secondary N) is 1. The molecule has 0 amide bonds. The Hall–Kier alpha value is -1.18. The van der Waals surface area contributed by atoms with Crippen LogP contribution in [0.4, 0.5) is 5.69 Å². The van der Waals surface area contributed by atoms with Gasteiger partial charge in [0.15, 0.2) is 0 Å². The van der Waals surface area contributed by atoms with Crippen LogP contribution in [-0.4, -0.2) is 0 Å². The van der Waals surface area contributed by atoms with Gasteiger partial charge >= 0.3 is 0 Å². The summed E-state index contributed by atoms with van der Waals surface area (Å²) in [5.74, 6) is 0. The summed E-state index contributed by atoms with van der Waals surface area (Å²) in [6.45, 7) is 2.74. The van der Waals surface area contributed by atoms with E-state index in [1.807, 2.05) is 24.3 Å². The number of benzene rings is 2. The Morgan fingerprint density at radius 2 is 1.88 bits per heavy atom. The molecule has 2 aromatic rings. The first-order valence-corrected chi connectivity index (χ1v) is 6.15. The summed E-state index contributed by atoms with van der Waals surface area (Å²) in [5.41, 5.74) is 3.31. The first kappa shape index (κ1) is 12.3. The minimum Gasteiger partial charge on any atom is -0.381 e. The molecule has 0 saturated heterocycles. The summed E-state index contributed by atoms with van der Waals surface area (Å²) in [7, 11) is 0. The lowest BCUT2D eigenvalue weighted by Crippen LogP contribution is -2.00. The van der Waals surface area contributed by atoms with Crippen molar-refractivity contribution in [3.05, 3.63) is 63.6 Å². The predicted molar refractivity (Wildman–Crippen MR) is 75.0 cm³/mol. The largest absolute Gasteiger partial charge is 0.381 e. The quantitative estimate of drug-likeness (QED) is 0.831. The number of hydrogen-bond acceptors (Lipinski definition) is 1. The van der Waals surface area contributed by atoms with Crippen LogP contribution >= 0.6 is 23.2 Å². The van der Waals surface area contributed by atoms with E-state index in [2.05, 4.69) is 24.4 Å². The summed E-state index contributed by atoms with van der Waals surface area (Å²) in [4.78, 5) is 0. The molecule has 17 heavy (non-hydrogen) atoms. The highest BCUT2D eigenvalue weighted by Gasteiger charge is 2.01. The fourth-order valence-electron chi connectivity index (χ4n) is 1.63. The van der Waals surface area contributed by atoms with E-state index in [4.69, 9.17) is 23.2 Å². The molecule has 1 N–H and O–H groups in total. The van der Waals surface area contributed by atoms with Crippen LogP contribution in [0.3, 0.4) is 0 Å². The maximum atomic E-state index is 6.10. The average Bonchev–Trinajstić information content (AvgIpc) is 2.30. The van der Waals surface area contributed by atoms with Gasteiger partial charge in [0.2, 0.25) is 0 Å². The number of halogens is 2. The fraction of sp³-hybridized carbons (Fsp3) is 0.143. The molecule has 0 aliphatic carbocycles. The lowest BCUT2D eigenvalue weighted by atomic mass is 10.2. The second-order valence-electron chi connectivity index (χ2n) is 3.96. The van der Waals surface area contributed by atoms with Gasteiger partial charge in [-0.3, -0.25) is 0 Å². The smallest absolute Gasteiger partial charge is 0.0456 e. The van der Waals surface area contributed by atoms with Crippen molar-refractivity contribution >= 4 is 28.9 Å². The van der Waals surface area contributed by atoms with E-state index < -0.39 is 0 Å². The molecule has 0 spiro atoms. The Labute approximate surface area is 111 Å². The number of hydrogen-bond donors (Lipinski definition) is 1. The molecular formula is C14H13Cl2N. The summed E-state index contributed by atoms with van der Waals surface area (Å²) in [6.07, 6.45) is 0. The Kier molecular flexibility index (Phi) is 3.93. The summed E-state index contributed by atoms with van der Waals surface area (Å²) in [5, 5.41) is 4.76. The Morgan fingerprint density at radius 1 is 1.06 bits per heavy atom. The molecule has 1 nitrogen and oxygen atoms in total. The highest BCUT2D eigenvalue weighted by molar-refractivity contribution is 6.33. The van der Waals surface area contributed by atoms with Gasteiger partial charge in [0.1, 0.15) is 0 Å². The molecule has 0 aliphatic heterocycles. The highest BCUT2D eigenvalue weighted by atomic mass is 35.5. The van der Waals surface area contributed by atoms with Crippen LogP contribution in [0.1, 0.15) is 11.1 Å². The van der Waals surface area contributed by atoms with Gasteiger partial charge in [0, 0.05) is 22.3 Å². The van der Waals surface area contributed by atoms with Crippen LogP contribution in [0.25, 0.3) is 0 Å². The zero-order valence-electron chi connectivity index (χ0n) is 9.50. The molecule has 0 fully saturated rings. The van der Waals surface area contributed by atoms with Crippen LogP contribution in [0.2, 0.25) is 10.0 Å². The van der Waals surface area contributed by atoms with Gasteiger partial charge in [-0.1, -0.05) is 35.3 Å². The SMILES string of the molecule is Cc1cccc(NCc2cc(Cl)ccc2Cl)c1. The van der Waals surface area contributed by atoms with Crippen LogP contribution in [0.5, 0.6) is 0 Å². The molecule has 3 heteroatoms. The standard InChI is InChI=1S/C14H13Cl2N/c1-10-3-2-4-13(7-10)17-9-11-8-12(15)5-6-14(11)16/h2-8,17H,9H2,1H3. The average molecular weight is 266 g/mol. The maximum Gasteiger partial charge on any atom is 0.0456 e. The van der Waals surface area contributed by atoms with Crippen molar-refractivity contribution in [2.75, 3.05) is 5.32 Å². The first-order valence-electron chi connectivity index (χ1n) is 5.39. The van der Waals surface area contributed by atoms with Crippen LogP contribution < -0.4 is 5.32 Å². The molecule has 0 saturated carbocycles. The highest BCUT2D eigenvalue weighted by Crippen LogP contribution is 2.21. The van der Waals surface area contributed by atoms with E-state index in [0.717, 1.165) is 16.3 Å². The Morgan fingerprint density at radius 3 is 2.65 bits per heavy atom. The molecule has 0 aliphatic rings. The van der Waals surface area contributed by atoms with E-state index >= 15 is 0 Å². The monoisotopic (exact) mass is 265 g/mol. The summed E-state index contributed by atoms with van der Waals surface area (Å²) < 4.78 is 0. The first-order chi connectivity index (χ1) is 8.15. The number of anilines is 1. The third-order valence-electron chi connectivity index (χ3n) is 2.51. The zero-order valence-corrected chi connectivity index (χ0v) is 11.0. The van der Waals surface area contributed by atoms with E-state index in [0.29, 0.717) is 11.6 Å². The third-order valence-corrected chi connectivity index (χ3v) is 3.11. The lowest BCUT2D eigenvalue weighted by molar-refractivity contribution is 1.15. The number of rotatable bonds is 3.